The molecule has 20 heavy (non-hydrogen) atoms. The first-order chi connectivity index (χ1) is 8.77. The molecule has 1 N–H and O–H groups in total. The van der Waals surface area contributed by atoms with Gasteiger partial charge in [-0.05, 0) is 56.8 Å². The maximum absolute atomic E-state index is 9.84. The fourth-order valence-electron chi connectivity index (χ4n) is 1.47. The van der Waals surface area contributed by atoms with Crippen molar-refractivity contribution in [3.8, 4) is 0 Å². The second-order valence-corrected chi connectivity index (χ2v) is 12.6. The maximum atomic E-state index is 9.84. The molecule has 0 unspecified atom stereocenters. The highest BCUT2D eigenvalue weighted by Crippen LogP contribution is 2.36. The Labute approximate surface area is 127 Å². The predicted octanol–water partition coefficient (Wildman–Crippen LogP) is 5.06. The van der Waals surface area contributed by atoms with Crippen molar-refractivity contribution in [3.63, 3.8) is 0 Å². The summed E-state index contributed by atoms with van der Waals surface area (Å²) in [5, 5.41) is 10.1. The molecule has 0 saturated heterocycles. The minimum absolute atomic E-state index is 0.263. The molecule has 0 saturated carbocycles. The van der Waals surface area contributed by atoms with Crippen molar-refractivity contribution in [1.29, 1.82) is 0 Å². The largest absolute Gasteiger partial charge is 0.417 e. The van der Waals surface area contributed by atoms with Gasteiger partial charge in [0.05, 0.1) is 5.60 Å². The van der Waals surface area contributed by atoms with E-state index >= 15 is 0 Å². The zero-order valence-corrected chi connectivity index (χ0v) is 15.6. The van der Waals surface area contributed by atoms with Crippen molar-refractivity contribution in [2.75, 3.05) is 6.61 Å². The van der Waals surface area contributed by atoms with E-state index in [1.54, 1.807) is 13.8 Å². The van der Waals surface area contributed by atoms with E-state index in [0.29, 0.717) is 6.42 Å². The average Bonchev–Trinajstić information content (AvgIpc) is 2.21. The fraction of sp³-hybridized carbons (Fsp3) is 0.765. The second-order valence-electron chi connectivity index (χ2n) is 7.80. The molecule has 0 aliphatic carbocycles. The van der Waals surface area contributed by atoms with Crippen LogP contribution in [0.25, 0.3) is 0 Å². The van der Waals surface area contributed by atoms with E-state index in [0.717, 1.165) is 30.6 Å². The van der Waals surface area contributed by atoms with Gasteiger partial charge in [0.15, 0.2) is 8.32 Å². The van der Waals surface area contributed by atoms with Gasteiger partial charge in [0, 0.05) is 6.61 Å². The summed E-state index contributed by atoms with van der Waals surface area (Å²) in [6.45, 7) is 23.7. The molecule has 0 aromatic heterocycles. The maximum Gasteiger partial charge on any atom is 0.191 e. The van der Waals surface area contributed by atoms with Crippen molar-refractivity contribution < 1.29 is 9.53 Å². The molecule has 0 aliphatic rings. The van der Waals surface area contributed by atoms with E-state index in [2.05, 4.69) is 47.0 Å². The zero-order valence-electron chi connectivity index (χ0n) is 14.6. The smallest absolute Gasteiger partial charge is 0.191 e. The van der Waals surface area contributed by atoms with Crippen LogP contribution >= 0.6 is 0 Å². The van der Waals surface area contributed by atoms with Gasteiger partial charge in [0.25, 0.3) is 0 Å². The highest BCUT2D eigenvalue weighted by Gasteiger charge is 2.36. The molecule has 2 nitrogen and oxygen atoms in total. The molecule has 0 amide bonds. The van der Waals surface area contributed by atoms with Crippen LogP contribution in [0.4, 0.5) is 0 Å². The summed E-state index contributed by atoms with van der Waals surface area (Å²) in [6, 6.07) is 0. The van der Waals surface area contributed by atoms with E-state index in [1.165, 1.54) is 0 Å². The molecular formula is C17H34O2Si. The van der Waals surface area contributed by atoms with Gasteiger partial charge in [-0.25, -0.2) is 0 Å². The Balaban J connectivity index is 4.04. The monoisotopic (exact) mass is 298 g/mol. The van der Waals surface area contributed by atoms with E-state index in [4.69, 9.17) is 4.43 Å². The first-order valence-corrected chi connectivity index (χ1v) is 10.4. The molecule has 0 aromatic rings. The third-order valence-corrected chi connectivity index (χ3v) is 8.81. The molecule has 3 heteroatoms. The van der Waals surface area contributed by atoms with Crippen LogP contribution in [0, 0.1) is 0 Å². The molecule has 0 aromatic carbocycles. The third-order valence-electron chi connectivity index (χ3n) is 4.27. The molecule has 0 rings (SSSR count). The van der Waals surface area contributed by atoms with Crippen molar-refractivity contribution >= 4 is 8.32 Å². The summed E-state index contributed by atoms with van der Waals surface area (Å²) < 4.78 is 6.14. The molecule has 0 bridgehead atoms. The molecule has 0 radical (unpaired) electrons. The summed E-state index contributed by atoms with van der Waals surface area (Å²) in [6.07, 6.45) is 2.62. The van der Waals surface area contributed by atoms with Crippen LogP contribution in [0.3, 0.4) is 0 Å². The van der Waals surface area contributed by atoms with Gasteiger partial charge in [-0.15, -0.1) is 0 Å². The van der Waals surface area contributed by atoms with Crippen LogP contribution in [-0.2, 0) is 4.43 Å². The quantitative estimate of drug-likeness (QED) is 0.385. The Morgan fingerprint density at radius 3 is 2.00 bits per heavy atom. The molecule has 0 fully saturated rings. The molecule has 118 valence electrons. The lowest BCUT2D eigenvalue weighted by Crippen LogP contribution is -2.40. The average molecular weight is 299 g/mol. The van der Waals surface area contributed by atoms with Crippen molar-refractivity contribution in [2.45, 2.75) is 77.6 Å². The standard InChI is InChI=1S/C17H34O2Si/c1-14(13-15(2)17(6,7)18)11-10-12-19-20(8,9)16(3,4)5/h18H,1-2,10-13H2,3-9H3. The van der Waals surface area contributed by atoms with Gasteiger partial charge in [-0.2, -0.15) is 0 Å². The minimum Gasteiger partial charge on any atom is -0.417 e. The van der Waals surface area contributed by atoms with Crippen molar-refractivity contribution in [2.24, 2.45) is 0 Å². The second kappa shape index (κ2) is 7.06. The highest BCUT2D eigenvalue weighted by molar-refractivity contribution is 6.74. The van der Waals surface area contributed by atoms with Gasteiger partial charge in [-0.3, -0.25) is 0 Å². The zero-order chi connectivity index (χ0) is 16.2. The highest BCUT2D eigenvalue weighted by atomic mass is 28.4. The van der Waals surface area contributed by atoms with Gasteiger partial charge in [0.2, 0.25) is 0 Å². The van der Waals surface area contributed by atoms with E-state index in [9.17, 15) is 5.11 Å². The van der Waals surface area contributed by atoms with E-state index in [1.807, 2.05) is 0 Å². The Bertz CT molecular complexity index is 343. The molecule has 0 aliphatic heterocycles. The Kier molecular flexibility index (Phi) is 6.92. The Hall–Kier alpha value is -0.383. The number of rotatable bonds is 8. The van der Waals surface area contributed by atoms with Gasteiger partial charge >= 0.3 is 0 Å². The van der Waals surface area contributed by atoms with Crippen LogP contribution in [0.5, 0.6) is 0 Å². The fourth-order valence-corrected chi connectivity index (χ4v) is 2.56. The summed E-state index contributed by atoms with van der Waals surface area (Å²) in [5.41, 5.74) is 1.13. The van der Waals surface area contributed by atoms with Gasteiger partial charge in [-0.1, -0.05) is 39.5 Å². The molecule has 0 heterocycles. The number of hydrogen-bond acceptors (Lipinski definition) is 2. The van der Waals surface area contributed by atoms with E-state index < -0.39 is 13.9 Å². The van der Waals surface area contributed by atoms with Crippen LogP contribution in [-0.4, -0.2) is 25.6 Å². The van der Waals surface area contributed by atoms with Gasteiger partial charge in [0.1, 0.15) is 0 Å². The van der Waals surface area contributed by atoms with Crippen LogP contribution in [0.1, 0.15) is 53.9 Å². The predicted molar refractivity (Wildman–Crippen MR) is 91.6 cm³/mol. The lowest BCUT2D eigenvalue weighted by molar-refractivity contribution is 0.117. The lowest BCUT2D eigenvalue weighted by Gasteiger charge is -2.36. The lowest BCUT2D eigenvalue weighted by atomic mass is 9.92. The van der Waals surface area contributed by atoms with Crippen molar-refractivity contribution in [1.82, 2.24) is 0 Å². The van der Waals surface area contributed by atoms with Crippen LogP contribution in [0.15, 0.2) is 24.3 Å². The summed E-state index contributed by atoms with van der Waals surface area (Å²) >= 11 is 0. The summed E-state index contributed by atoms with van der Waals surface area (Å²) in [7, 11) is -1.63. The topological polar surface area (TPSA) is 29.5 Å². The SMILES string of the molecule is C=C(CCCO[Si](C)(C)C(C)(C)C)CC(=C)C(C)(C)O. The van der Waals surface area contributed by atoms with E-state index in [-0.39, 0.29) is 5.04 Å². The van der Waals surface area contributed by atoms with Crippen LogP contribution < -0.4 is 0 Å². The normalized spacial score (nSPS) is 13.4. The molecule has 0 atom stereocenters. The first-order valence-electron chi connectivity index (χ1n) is 7.48. The number of allylic oxidation sites excluding steroid dienone is 1. The number of aliphatic hydroxyl groups is 1. The Morgan fingerprint density at radius 2 is 1.60 bits per heavy atom. The third kappa shape index (κ3) is 6.87. The molecule has 0 spiro atoms. The minimum atomic E-state index is -1.63. The summed E-state index contributed by atoms with van der Waals surface area (Å²) in [5.74, 6) is 0. The number of hydrogen-bond donors (Lipinski definition) is 1. The first kappa shape index (κ1) is 19.6. The van der Waals surface area contributed by atoms with Gasteiger partial charge < -0.3 is 9.53 Å². The summed E-state index contributed by atoms with van der Waals surface area (Å²) in [4.78, 5) is 0. The van der Waals surface area contributed by atoms with Crippen LogP contribution in [0.2, 0.25) is 18.1 Å². The Morgan fingerprint density at radius 1 is 1.10 bits per heavy atom. The molecular weight excluding hydrogens is 264 g/mol. The van der Waals surface area contributed by atoms with Crippen molar-refractivity contribution in [3.05, 3.63) is 24.3 Å².